The number of hydrogen-bond donors (Lipinski definition) is 1. The minimum absolute atomic E-state index is 0. The molecule has 0 radical (unpaired) electrons. The average molecular weight is 284 g/mol. The second kappa shape index (κ2) is 5.29. The molecule has 0 saturated heterocycles. The van der Waals surface area contributed by atoms with Gasteiger partial charge in [-0.2, -0.15) is 0 Å². The maximum absolute atomic E-state index is 11.8. The summed E-state index contributed by atoms with van der Waals surface area (Å²) in [4.78, 5) is 11.8. The van der Waals surface area contributed by atoms with Gasteiger partial charge in [0.05, 0.1) is 5.41 Å². The summed E-state index contributed by atoms with van der Waals surface area (Å²) in [6, 6.07) is 5.75. The summed E-state index contributed by atoms with van der Waals surface area (Å²) in [5, 5.41) is 0. The van der Waals surface area contributed by atoms with Crippen LogP contribution in [0.2, 0.25) is 0 Å². The molecular formula is C14H18ClNO3. The number of benzene rings is 1. The molecule has 19 heavy (non-hydrogen) atoms. The lowest BCUT2D eigenvalue weighted by Gasteiger charge is -2.27. The van der Waals surface area contributed by atoms with Gasteiger partial charge < -0.3 is 15.2 Å². The van der Waals surface area contributed by atoms with E-state index in [1.54, 1.807) is 0 Å². The van der Waals surface area contributed by atoms with Gasteiger partial charge in [0.25, 0.3) is 0 Å². The zero-order valence-corrected chi connectivity index (χ0v) is 11.5. The van der Waals surface area contributed by atoms with E-state index in [-0.39, 0.29) is 18.3 Å². The van der Waals surface area contributed by atoms with E-state index in [4.69, 9.17) is 15.2 Å². The van der Waals surface area contributed by atoms with Crippen LogP contribution in [0.5, 0.6) is 11.5 Å². The maximum Gasteiger partial charge on any atom is 0.228 e. The molecule has 5 heteroatoms. The highest BCUT2D eigenvalue weighted by Crippen LogP contribution is 2.43. The molecule has 1 fully saturated rings. The van der Waals surface area contributed by atoms with Gasteiger partial charge in [-0.05, 0) is 30.5 Å². The van der Waals surface area contributed by atoms with Crippen LogP contribution in [0, 0.1) is 0 Å². The van der Waals surface area contributed by atoms with Crippen LogP contribution in [0.4, 0.5) is 0 Å². The summed E-state index contributed by atoms with van der Waals surface area (Å²) in [5.74, 6) is 1.26. The van der Waals surface area contributed by atoms with Crippen LogP contribution in [-0.2, 0) is 10.2 Å². The Labute approximate surface area is 118 Å². The SMILES string of the molecule is Cl.NC(=O)C1(c2ccc3c(c2)OCCO3)CCCC1. The monoisotopic (exact) mass is 283 g/mol. The molecule has 104 valence electrons. The van der Waals surface area contributed by atoms with E-state index in [2.05, 4.69) is 0 Å². The Morgan fingerprint density at radius 2 is 1.74 bits per heavy atom. The molecular weight excluding hydrogens is 266 g/mol. The van der Waals surface area contributed by atoms with Gasteiger partial charge in [-0.1, -0.05) is 18.9 Å². The first kappa shape index (κ1) is 14.0. The largest absolute Gasteiger partial charge is 0.486 e. The van der Waals surface area contributed by atoms with E-state index in [1.807, 2.05) is 18.2 Å². The number of primary amides is 1. The van der Waals surface area contributed by atoms with Crippen molar-refractivity contribution in [2.75, 3.05) is 13.2 Å². The summed E-state index contributed by atoms with van der Waals surface area (Å²) in [6.07, 6.45) is 3.78. The first-order chi connectivity index (χ1) is 8.72. The van der Waals surface area contributed by atoms with Crippen molar-refractivity contribution in [2.45, 2.75) is 31.1 Å². The molecule has 2 aliphatic rings. The third-order valence-electron chi connectivity index (χ3n) is 4.02. The summed E-state index contributed by atoms with van der Waals surface area (Å²) in [6.45, 7) is 1.13. The van der Waals surface area contributed by atoms with Crippen LogP contribution >= 0.6 is 12.4 Å². The topological polar surface area (TPSA) is 61.6 Å². The normalized spacial score (nSPS) is 19.6. The van der Waals surface area contributed by atoms with Crippen LogP contribution in [0.25, 0.3) is 0 Å². The standard InChI is InChI=1S/C14H17NO3.ClH/c15-13(16)14(5-1-2-6-14)10-3-4-11-12(9-10)18-8-7-17-11;/h3-4,9H,1-2,5-8H2,(H2,15,16);1H. The van der Waals surface area contributed by atoms with Crippen molar-refractivity contribution in [1.29, 1.82) is 0 Å². The van der Waals surface area contributed by atoms with Gasteiger partial charge in [-0.25, -0.2) is 0 Å². The molecule has 0 bridgehead atoms. The van der Waals surface area contributed by atoms with Gasteiger partial charge in [-0.15, -0.1) is 12.4 Å². The predicted octanol–water partition coefficient (Wildman–Crippen LogP) is 2.18. The zero-order valence-electron chi connectivity index (χ0n) is 10.7. The van der Waals surface area contributed by atoms with Crippen molar-refractivity contribution in [2.24, 2.45) is 5.73 Å². The smallest absolute Gasteiger partial charge is 0.228 e. The highest BCUT2D eigenvalue weighted by molar-refractivity contribution is 5.87. The van der Waals surface area contributed by atoms with Crippen LogP contribution in [0.1, 0.15) is 31.2 Å². The van der Waals surface area contributed by atoms with Crippen LogP contribution in [0.3, 0.4) is 0 Å². The van der Waals surface area contributed by atoms with Crippen molar-refractivity contribution < 1.29 is 14.3 Å². The van der Waals surface area contributed by atoms with E-state index in [0.717, 1.165) is 42.7 Å². The molecule has 0 aromatic heterocycles. The third-order valence-corrected chi connectivity index (χ3v) is 4.02. The van der Waals surface area contributed by atoms with Crippen LogP contribution in [0.15, 0.2) is 18.2 Å². The quantitative estimate of drug-likeness (QED) is 0.905. The van der Waals surface area contributed by atoms with Crippen molar-refractivity contribution in [3.8, 4) is 11.5 Å². The molecule has 1 saturated carbocycles. The molecule has 1 aliphatic carbocycles. The molecule has 1 amide bonds. The van der Waals surface area contributed by atoms with Crippen molar-refractivity contribution in [3.05, 3.63) is 23.8 Å². The number of carbonyl (C=O) groups excluding carboxylic acids is 1. The van der Waals surface area contributed by atoms with Gasteiger partial charge in [0.15, 0.2) is 11.5 Å². The number of halogens is 1. The molecule has 3 rings (SSSR count). The summed E-state index contributed by atoms with van der Waals surface area (Å²) >= 11 is 0. The molecule has 1 aromatic rings. The first-order valence-electron chi connectivity index (χ1n) is 6.42. The minimum atomic E-state index is -0.504. The Hall–Kier alpha value is -1.42. The van der Waals surface area contributed by atoms with Crippen molar-refractivity contribution in [3.63, 3.8) is 0 Å². The summed E-state index contributed by atoms with van der Waals surface area (Å²) in [5.41, 5.74) is 6.09. The van der Waals surface area contributed by atoms with Gasteiger partial charge in [-0.3, -0.25) is 4.79 Å². The molecule has 1 aliphatic heterocycles. The third kappa shape index (κ3) is 2.25. The van der Waals surface area contributed by atoms with E-state index < -0.39 is 5.41 Å². The second-order valence-electron chi connectivity index (χ2n) is 5.01. The fraction of sp³-hybridized carbons (Fsp3) is 0.500. The second-order valence-corrected chi connectivity index (χ2v) is 5.01. The minimum Gasteiger partial charge on any atom is -0.486 e. The molecule has 2 N–H and O–H groups in total. The molecule has 0 spiro atoms. The number of ether oxygens (including phenoxy) is 2. The molecule has 4 nitrogen and oxygen atoms in total. The van der Waals surface area contributed by atoms with Gasteiger partial charge in [0, 0.05) is 0 Å². The lowest BCUT2D eigenvalue weighted by Crippen LogP contribution is -2.38. The van der Waals surface area contributed by atoms with E-state index in [1.165, 1.54) is 0 Å². The van der Waals surface area contributed by atoms with Gasteiger partial charge >= 0.3 is 0 Å². The Morgan fingerprint density at radius 3 is 2.37 bits per heavy atom. The first-order valence-corrected chi connectivity index (χ1v) is 6.42. The number of rotatable bonds is 2. The number of nitrogens with two attached hydrogens (primary N) is 1. The molecule has 0 atom stereocenters. The zero-order chi connectivity index (χ0) is 12.6. The Kier molecular flexibility index (Phi) is 3.90. The van der Waals surface area contributed by atoms with E-state index in [0.29, 0.717) is 13.2 Å². The number of hydrogen-bond acceptors (Lipinski definition) is 3. The fourth-order valence-electron chi connectivity index (χ4n) is 3.00. The molecule has 1 aromatic carbocycles. The maximum atomic E-state index is 11.8. The lowest BCUT2D eigenvalue weighted by atomic mass is 9.78. The average Bonchev–Trinajstić information content (AvgIpc) is 2.89. The Bertz CT molecular complexity index is 484. The Morgan fingerprint density at radius 1 is 1.11 bits per heavy atom. The Balaban J connectivity index is 0.00000133. The lowest BCUT2D eigenvalue weighted by molar-refractivity contribution is -0.123. The van der Waals surface area contributed by atoms with E-state index in [9.17, 15) is 4.79 Å². The van der Waals surface area contributed by atoms with Gasteiger partial charge in [0.2, 0.25) is 5.91 Å². The van der Waals surface area contributed by atoms with Crippen molar-refractivity contribution in [1.82, 2.24) is 0 Å². The molecule has 0 unspecified atom stereocenters. The van der Waals surface area contributed by atoms with Gasteiger partial charge in [0.1, 0.15) is 13.2 Å². The molecule has 1 heterocycles. The van der Waals surface area contributed by atoms with Crippen molar-refractivity contribution >= 4 is 18.3 Å². The number of amides is 1. The van der Waals surface area contributed by atoms with E-state index >= 15 is 0 Å². The highest BCUT2D eigenvalue weighted by atomic mass is 35.5. The highest BCUT2D eigenvalue weighted by Gasteiger charge is 2.41. The van der Waals surface area contributed by atoms with Crippen LogP contribution in [-0.4, -0.2) is 19.1 Å². The van der Waals surface area contributed by atoms with Crippen LogP contribution < -0.4 is 15.2 Å². The predicted molar refractivity (Wildman–Crippen MR) is 74.0 cm³/mol. The summed E-state index contributed by atoms with van der Waals surface area (Å²) < 4.78 is 11.1. The summed E-state index contributed by atoms with van der Waals surface area (Å²) in [7, 11) is 0. The number of carbonyl (C=O) groups is 1. The number of fused-ring (bicyclic) bond motifs is 1. The fourth-order valence-corrected chi connectivity index (χ4v) is 3.00.